The van der Waals surface area contributed by atoms with E-state index in [-0.39, 0.29) is 27.9 Å². The zero-order valence-electron chi connectivity index (χ0n) is 12.6. The smallest absolute Gasteiger partial charge is 0.260 e. The Hall–Kier alpha value is -1.95. The first-order valence-electron chi connectivity index (χ1n) is 7.36. The van der Waals surface area contributed by atoms with Crippen LogP contribution in [0.2, 0.25) is 0 Å². The van der Waals surface area contributed by atoms with E-state index in [1.54, 1.807) is 23.6 Å². The molecule has 0 unspecified atom stereocenters. The lowest BCUT2D eigenvalue weighted by Gasteiger charge is -2.12. The van der Waals surface area contributed by atoms with Crippen LogP contribution >= 0.6 is 0 Å². The van der Waals surface area contributed by atoms with Crippen LogP contribution in [0.25, 0.3) is 11.3 Å². The van der Waals surface area contributed by atoms with Gasteiger partial charge in [0.1, 0.15) is 0 Å². The first kappa shape index (κ1) is 15.0. The van der Waals surface area contributed by atoms with Crippen molar-refractivity contribution < 1.29 is 8.42 Å². The largest absolute Gasteiger partial charge is 0.309 e. The minimum Gasteiger partial charge on any atom is -0.309 e. The number of aryl methyl sites for hydroxylation is 1. The fourth-order valence-electron chi connectivity index (χ4n) is 2.61. The lowest BCUT2D eigenvalue weighted by molar-refractivity contribution is 0.597. The van der Waals surface area contributed by atoms with Crippen LogP contribution in [0.15, 0.2) is 40.2 Å². The molecule has 0 spiro atoms. The third-order valence-electron chi connectivity index (χ3n) is 3.97. The molecular formula is C16H18N2O3S. The highest BCUT2D eigenvalue weighted by Gasteiger charge is 2.28. The molecule has 0 amide bonds. The van der Waals surface area contributed by atoms with E-state index in [1.807, 2.05) is 13.0 Å². The number of hydrogen-bond acceptors (Lipinski definition) is 4. The highest BCUT2D eigenvalue weighted by molar-refractivity contribution is 7.91. The minimum absolute atomic E-state index is 0.0195. The Bertz CT molecular complexity index is 881. The summed E-state index contributed by atoms with van der Waals surface area (Å²) < 4.78 is 26.3. The molecule has 0 bridgehead atoms. The third-order valence-corrected chi connectivity index (χ3v) is 5.73. The lowest BCUT2D eigenvalue weighted by Crippen LogP contribution is -2.23. The number of nitrogens with zero attached hydrogens (tertiary/aromatic N) is 2. The molecule has 0 aromatic carbocycles. The van der Waals surface area contributed by atoms with E-state index >= 15 is 0 Å². The van der Waals surface area contributed by atoms with Crippen LogP contribution in [0.3, 0.4) is 0 Å². The second kappa shape index (κ2) is 5.35. The van der Waals surface area contributed by atoms with E-state index in [0.717, 1.165) is 18.5 Å². The highest BCUT2D eigenvalue weighted by atomic mass is 32.2. The normalized spacial score (nSPS) is 15.0. The van der Waals surface area contributed by atoms with Crippen molar-refractivity contribution in [1.29, 1.82) is 0 Å². The van der Waals surface area contributed by atoms with E-state index in [1.165, 1.54) is 12.3 Å². The average Bonchev–Trinajstić information content (AvgIpc) is 3.32. The van der Waals surface area contributed by atoms with Crippen LogP contribution in [0.1, 0.15) is 31.5 Å². The summed E-state index contributed by atoms with van der Waals surface area (Å²) in [6.45, 7) is 3.48. The molecule has 6 heteroatoms. The molecule has 0 saturated heterocycles. The third kappa shape index (κ3) is 2.47. The van der Waals surface area contributed by atoms with E-state index in [2.05, 4.69) is 4.98 Å². The van der Waals surface area contributed by atoms with Crippen molar-refractivity contribution in [2.75, 3.05) is 5.75 Å². The molecule has 2 aromatic heterocycles. The summed E-state index contributed by atoms with van der Waals surface area (Å²) in [5.74, 6) is -0.0195. The van der Waals surface area contributed by atoms with Crippen LogP contribution in [0.5, 0.6) is 0 Å². The number of sulfone groups is 1. The van der Waals surface area contributed by atoms with Crippen molar-refractivity contribution >= 4 is 9.84 Å². The molecule has 1 aliphatic carbocycles. The maximum atomic E-state index is 12.8. The van der Waals surface area contributed by atoms with Gasteiger partial charge >= 0.3 is 0 Å². The second-order valence-corrected chi connectivity index (χ2v) is 7.79. The van der Waals surface area contributed by atoms with Gasteiger partial charge < -0.3 is 4.57 Å². The summed E-state index contributed by atoms with van der Waals surface area (Å²) in [6, 6.07) is 6.86. The van der Waals surface area contributed by atoms with Crippen molar-refractivity contribution in [2.24, 2.45) is 0 Å². The van der Waals surface area contributed by atoms with E-state index in [4.69, 9.17) is 0 Å². The lowest BCUT2D eigenvalue weighted by atomic mass is 10.1. The Balaban J connectivity index is 2.26. The van der Waals surface area contributed by atoms with Gasteiger partial charge in [0.2, 0.25) is 0 Å². The molecule has 0 N–H and O–H groups in total. The zero-order chi connectivity index (χ0) is 15.9. The number of hydrogen-bond donors (Lipinski definition) is 0. The zero-order valence-corrected chi connectivity index (χ0v) is 13.4. The maximum absolute atomic E-state index is 12.8. The molecule has 1 fully saturated rings. The molecule has 0 atom stereocenters. The van der Waals surface area contributed by atoms with Gasteiger partial charge in [0, 0.05) is 17.9 Å². The molecule has 0 radical (unpaired) electrons. The Morgan fingerprint density at radius 3 is 2.64 bits per heavy atom. The van der Waals surface area contributed by atoms with Gasteiger partial charge in [-0.2, -0.15) is 0 Å². The minimum atomic E-state index is -3.43. The Morgan fingerprint density at radius 1 is 1.27 bits per heavy atom. The fourth-order valence-corrected chi connectivity index (χ4v) is 3.67. The summed E-state index contributed by atoms with van der Waals surface area (Å²) in [4.78, 5) is 17.1. The summed E-state index contributed by atoms with van der Waals surface area (Å²) in [6.07, 6.45) is 3.50. The second-order valence-electron chi connectivity index (χ2n) is 5.55. The predicted octanol–water partition coefficient (Wildman–Crippen LogP) is 2.35. The van der Waals surface area contributed by atoms with Gasteiger partial charge in [0.25, 0.3) is 5.56 Å². The molecule has 22 heavy (non-hydrogen) atoms. The van der Waals surface area contributed by atoms with Crippen LogP contribution in [-0.2, 0) is 9.84 Å². The summed E-state index contributed by atoms with van der Waals surface area (Å²) in [5.41, 5.74) is 1.34. The Kier molecular flexibility index (Phi) is 3.64. The summed E-state index contributed by atoms with van der Waals surface area (Å²) in [5, 5.41) is 0. The van der Waals surface area contributed by atoms with Crippen molar-refractivity contribution in [3.63, 3.8) is 0 Å². The van der Waals surface area contributed by atoms with Gasteiger partial charge in [-0.15, -0.1) is 0 Å². The van der Waals surface area contributed by atoms with Gasteiger partial charge in [-0.25, -0.2) is 8.42 Å². The maximum Gasteiger partial charge on any atom is 0.260 e. The van der Waals surface area contributed by atoms with E-state index in [9.17, 15) is 13.2 Å². The van der Waals surface area contributed by atoms with Crippen LogP contribution in [0.4, 0.5) is 0 Å². The van der Waals surface area contributed by atoms with E-state index in [0.29, 0.717) is 5.56 Å². The van der Waals surface area contributed by atoms with Gasteiger partial charge in [-0.3, -0.25) is 9.78 Å². The number of rotatable bonds is 4. The van der Waals surface area contributed by atoms with Gasteiger partial charge in [0.05, 0.1) is 21.9 Å². The molecule has 1 aliphatic rings. The molecule has 2 aromatic rings. The molecular weight excluding hydrogens is 300 g/mol. The Morgan fingerprint density at radius 2 is 2.00 bits per heavy atom. The van der Waals surface area contributed by atoms with Crippen LogP contribution in [-0.4, -0.2) is 23.7 Å². The molecule has 1 saturated carbocycles. The van der Waals surface area contributed by atoms with Gasteiger partial charge in [0.15, 0.2) is 9.84 Å². The SMILES string of the molecule is CCS(=O)(=O)c1cccnc1-c1ccc(C)n(C2CC2)c1=O. The van der Waals surface area contributed by atoms with E-state index < -0.39 is 9.84 Å². The average molecular weight is 318 g/mol. The molecule has 2 heterocycles. The quantitative estimate of drug-likeness (QED) is 0.867. The van der Waals surface area contributed by atoms with Crippen molar-refractivity contribution in [2.45, 2.75) is 37.6 Å². The van der Waals surface area contributed by atoms with Crippen molar-refractivity contribution in [1.82, 2.24) is 9.55 Å². The van der Waals surface area contributed by atoms with Crippen LogP contribution < -0.4 is 5.56 Å². The fraction of sp³-hybridized carbons (Fsp3) is 0.375. The molecule has 5 nitrogen and oxygen atoms in total. The highest BCUT2D eigenvalue weighted by Crippen LogP contribution is 2.35. The number of aromatic nitrogens is 2. The van der Waals surface area contributed by atoms with Gasteiger partial charge in [-0.05, 0) is 44.0 Å². The summed E-state index contributed by atoms with van der Waals surface area (Å²) >= 11 is 0. The number of pyridine rings is 2. The first-order valence-corrected chi connectivity index (χ1v) is 9.01. The molecule has 0 aliphatic heterocycles. The first-order chi connectivity index (χ1) is 10.5. The monoisotopic (exact) mass is 318 g/mol. The van der Waals surface area contributed by atoms with Crippen molar-refractivity contribution in [3.8, 4) is 11.3 Å². The standard InChI is InChI=1S/C16H18N2O3S/c1-3-22(20,21)14-5-4-10-17-15(14)13-9-6-11(2)18(16(13)19)12-7-8-12/h4-6,9-10,12H,3,7-8H2,1-2H3. The molecule has 3 rings (SSSR count). The molecule has 116 valence electrons. The Labute approximate surface area is 129 Å². The van der Waals surface area contributed by atoms with Crippen LogP contribution in [0, 0.1) is 6.92 Å². The summed E-state index contributed by atoms with van der Waals surface area (Å²) in [7, 11) is -3.43. The topological polar surface area (TPSA) is 69.0 Å². The predicted molar refractivity (Wildman–Crippen MR) is 84.7 cm³/mol. The van der Waals surface area contributed by atoms with Gasteiger partial charge in [-0.1, -0.05) is 6.92 Å². The van der Waals surface area contributed by atoms with Crippen molar-refractivity contribution in [3.05, 3.63) is 46.5 Å².